The van der Waals surface area contributed by atoms with Crippen molar-refractivity contribution in [2.75, 3.05) is 0 Å². The van der Waals surface area contributed by atoms with Gasteiger partial charge < -0.3 is 0 Å². The summed E-state index contributed by atoms with van der Waals surface area (Å²) in [6.45, 7) is 2.44. The van der Waals surface area contributed by atoms with Gasteiger partial charge in [-0.1, -0.05) is 13.3 Å². The molecule has 0 bridgehead atoms. The molecule has 2 fully saturated rings. The molecule has 0 amide bonds. The van der Waals surface area contributed by atoms with Crippen molar-refractivity contribution in [3.63, 3.8) is 0 Å². The van der Waals surface area contributed by atoms with Crippen LogP contribution in [0, 0.1) is 11.3 Å². The highest BCUT2D eigenvalue weighted by Gasteiger charge is 2.52. The molecule has 2 aliphatic rings. The third-order valence-corrected chi connectivity index (χ3v) is 2.84. The third-order valence-electron chi connectivity index (χ3n) is 2.84. The van der Waals surface area contributed by atoms with Crippen molar-refractivity contribution in [2.24, 2.45) is 11.3 Å². The molecule has 0 aliphatic heterocycles. The second-order valence-electron chi connectivity index (χ2n) is 3.45. The SMILES string of the molecule is C[C@]12CCC[C@@H]1C2. The minimum atomic E-state index is 0.861. The Morgan fingerprint density at radius 2 is 2.43 bits per heavy atom. The quantitative estimate of drug-likeness (QED) is 0.433. The molecular weight excluding hydrogens is 84.1 g/mol. The Balaban J connectivity index is 2.17. The van der Waals surface area contributed by atoms with Crippen molar-refractivity contribution in [1.82, 2.24) is 0 Å². The van der Waals surface area contributed by atoms with Crippen LogP contribution < -0.4 is 0 Å². The molecule has 0 heteroatoms. The van der Waals surface area contributed by atoms with E-state index in [9.17, 15) is 0 Å². The fourth-order valence-electron chi connectivity index (χ4n) is 2.01. The first-order chi connectivity index (χ1) is 3.31. The maximum Gasteiger partial charge on any atom is -0.0294 e. The van der Waals surface area contributed by atoms with Gasteiger partial charge >= 0.3 is 0 Å². The first kappa shape index (κ1) is 3.94. The molecule has 2 aliphatic carbocycles. The average molecular weight is 96.2 g/mol. The van der Waals surface area contributed by atoms with Gasteiger partial charge in [-0.3, -0.25) is 0 Å². The molecule has 0 N–H and O–H groups in total. The average Bonchev–Trinajstić information content (AvgIpc) is 2.09. The first-order valence-corrected chi connectivity index (χ1v) is 3.31. The highest BCUT2D eigenvalue weighted by molar-refractivity contribution is 5.02. The monoisotopic (exact) mass is 96.1 g/mol. The molecule has 0 nitrogen and oxygen atoms in total. The molecular formula is C7H12. The number of fused-ring (bicyclic) bond motifs is 1. The lowest BCUT2D eigenvalue weighted by atomic mass is 10.1. The van der Waals surface area contributed by atoms with Gasteiger partial charge in [-0.15, -0.1) is 0 Å². The molecule has 40 valence electrons. The minimum absolute atomic E-state index is 0.861. The van der Waals surface area contributed by atoms with Crippen LogP contribution in [0.15, 0.2) is 0 Å². The number of hydrogen-bond donors (Lipinski definition) is 0. The van der Waals surface area contributed by atoms with E-state index in [4.69, 9.17) is 0 Å². The van der Waals surface area contributed by atoms with Gasteiger partial charge in [-0.05, 0) is 30.6 Å². The second kappa shape index (κ2) is 0.888. The second-order valence-corrected chi connectivity index (χ2v) is 3.45. The van der Waals surface area contributed by atoms with Gasteiger partial charge in [0.25, 0.3) is 0 Å². The van der Waals surface area contributed by atoms with Crippen LogP contribution in [-0.2, 0) is 0 Å². The Labute approximate surface area is 44.9 Å². The zero-order valence-corrected chi connectivity index (χ0v) is 4.91. The van der Waals surface area contributed by atoms with E-state index in [1.54, 1.807) is 6.42 Å². The summed E-state index contributed by atoms with van der Waals surface area (Å²) in [5, 5.41) is 0. The summed E-state index contributed by atoms with van der Waals surface area (Å²) in [6, 6.07) is 0. The minimum Gasteiger partial charge on any atom is -0.0594 e. The van der Waals surface area contributed by atoms with Crippen LogP contribution in [-0.4, -0.2) is 0 Å². The fraction of sp³-hybridized carbons (Fsp3) is 1.00. The Bertz CT molecular complexity index is 94.2. The maximum atomic E-state index is 2.44. The molecule has 0 aromatic rings. The summed E-state index contributed by atoms with van der Waals surface area (Å²) in [6.07, 6.45) is 6.13. The lowest BCUT2D eigenvalue weighted by molar-refractivity contribution is 0.547. The summed E-state index contributed by atoms with van der Waals surface area (Å²) in [5.41, 5.74) is 0.861. The highest BCUT2D eigenvalue weighted by Crippen LogP contribution is 2.62. The molecule has 0 unspecified atom stereocenters. The zero-order valence-electron chi connectivity index (χ0n) is 4.91. The molecule has 0 spiro atoms. The molecule has 0 aromatic carbocycles. The van der Waals surface area contributed by atoms with Gasteiger partial charge in [-0.25, -0.2) is 0 Å². The van der Waals surface area contributed by atoms with Gasteiger partial charge in [0.15, 0.2) is 0 Å². The molecule has 0 aromatic heterocycles. The number of hydrogen-bond acceptors (Lipinski definition) is 0. The van der Waals surface area contributed by atoms with E-state index in [2.05, 4.69) is 6.92 Å². The molecule has 0 radical (unpaired) electrons. The molecule has 2 saturated carbocycles. The van der Waals surface area contributed by atoms with Crippen LogP contribution in [0.25, 0.3) is 0 Å². The number of rotatable bonds is 0. The van der Waals surface area contributed by atoms with Crippen LogP contribution in [0.2, 0.25) is 0 Å². The summed E-state index contributed by atoms with van der Waals surface area (Å²) >= 11 is 0. The van der Waals surface area contributed by atoms with Crippen molar-refractivity contribution < 1.29 is 0 Å². The fourth-order valence-corrected chi connectivity index (χ4v) is 2.01. The summed E-state index contributed by atoms with van der Waals surface area (Å²) < 4.78 is 0. The maximum absolute atomic E-state index is 2.44. The Morgan fingerprint density at radius 3 is 2.57 bits per heavy atom. The Kier molecular flexibility index (Phi) is 0.499. The summed E-state index contributed by atoms with van der Waals surface area (Å²) in [5.74, 6) is 1.16. The van der Waals surface area contributed by atoms with Crippen LogP contribution >= 0.6 is 0 Å². The van der Waals surface area contributed by atoms with Crippen LogP contribution in [0.3, 0.4) is 0 Å². The summed E-state index contributed by atoms with van der Waals surface area (Å²) in [7, 11) is 0. The van der Waals surface area contributed by atoms with Crippen LogP contribution in [0.1, 0.15) is 32.6 Å². The third kappa shape index (κ3) is 0.375. The van der Waals surface area contributed by atoms with Crippen LogP contribution in [0.5, 0.6) is 0 Å². The van der Waals surface area contributed by atoms with Gasteiger partial charge in [0.2, 0.25) is 0 Å². The van der Waals surface area contributed by atoms with Crippen LogP contribution in [0.4, 0.5) is 0 Å². The van der Waals surface area contributed by atoms with Crippen molar-refractivity contribution in [3.8, 4) is 0 Å². The predicted molar refractivity (Wildman–Crippen MR) is 30.1 cm³/mol. The van der Waals surface area contributed by atoms with E-state index < -0.39 is 0 Å². The van der Waals surface area contributed by atoms with Gasteiger partial charge in [0.05, 0.1) is 0 Å². The molecule has 0 heterocycles. The normalized spacial score (nSPS) is 57.0. The Morgan fingerprint density at radius 1 is 1.57 bits per heavy atom. The first-order valence-electron chi connectivity index (χ1n) is 3.31. The van der Waals surface area contributed by atoms with E-state index in [0.717, 1.165) is 11.3 Å². The van der Waals surface area contributed by atoms with E-state index >= 15 is 0 Å². The van der Waals surface area contributed by atoms with E-state index in [1.807, 2.05) is 0 Å². The van der Waals surface area contributed by atoms with Crippen molar-refractivity contribution in [2.45, 2.75) is 32.6 Å². The van der Waals surface area contributed by atoms with Gasteiger partial charge in [0.1, 0.15) is 0 Å². The van der Waals surface area contributed by atoms with Crippen molar-refractivity contribution in [3.05, 3.63) is 0 Å². The largest absolute Gasteiger partial charge is 0.0594 e. The van der Waals surface area contributed by atoms with E-state index in [0.29, 0.717) is 0 Å². The van der Waals surface area contributed by atoms with Gasteiger partial charge in [-0.2, -0.15) is 0 Å². The molecule has 7 heavy (non-hydrogen) atoms. The smallest absolute Gasteiger partial charge is 0.0294 e. The lowest BCUT2D eigenvalue weighted by Crippen LogP contribution is -1.85. The van der Waals surface area contributed by atoms with Crippen molar-refractivity contribution in [1.29, 1.82) is 0 Å². The topological polar surface area (TPSA) is 0 Å². The molecule has 0 saturated heterocycles. The van der Waals surface area contributed by atoms with E-state index in [-0.39, 0.29) is 0 Å². The van der Waals surface area contributed by atoms with Crippen molar-refractivity contribution >= 4 is 0 Å². The Hall–Kier alpha value is 0. The summed E-state index contributed by atoms with van der Waals surface area (Å²) in [4.78, 5) is 0. The highest BCUT2D eigenvalue weighted by atomic mass is 14.6. The molecule has 2 rings (SSSR count). The predicted octanol–water partition coefficient (Wildman–Crippen LogP) is 2.20. The standard InChI is InChI=1S/C7H12/c1-7-4-2-3-6(7)5-7/h6H,2-5H2,1H3/t6-,7-/m1/s1. The zero-order chi connectivity index (χ0) is 4.91. The molecule has 2 atom stereocenters. The van der Waals surface area contributed by atoms with Gasteiger partial charge in [0, 0.05) is 0 Å². The van der Waals surface area contributed by atoms with E-state index in [1.165, 1.54) is 19.3 Å². The lowest BCUT2D eigenvalue weighted by Gasteiger charge is -1.96.